The Labute approximate surface area is 147 Å². The number of para-hydroxylation sites is 1. The highest BCUT2D eigenvalue weighted by atomic mass is 32.1. The molecule has 130 valence electrons. The number of rotatable bonds is 6. The first-order valence-corrected chi connectivity index (χ1v) is 9.18. The van der Waals surface area contributed by atoms with Crippen LogP contribution in [0.25, 0.3) is 0 Å². The molecule has 1 aliphatic heterocycles. The van der Waals surface area contributed by atoms with Crippen LogP contribution >= 0.6 is 11.3 Å². The average Bonchev–Trinajstić information content (AvgIpc) is 3.04. The third kappa shape index (κ3) is 3.78. The molecule has 1 fully saturated rings. The molecule has 6 heteroatoms. The number of hydrogen-bond acceptors (Lipinski definition) is 6. The van der Waals surface area contributed by atoms with E-state index in [0.29, 0.717) is 13.2 Å². The van der Waals surface area contributed by atoms with Gasteiger partial charge in [0, 0.05) is 36.4 Å². The zero-order valence-electron chi connectivity index (χ0n) is 14.3. The van der Waals surface area contributed by atoms with Crippen molar-refractivity contribution in [3.63, 3.8) is 0 Å². The number of nitrogens with zero attached hydrogens (tertiary/aromatic N) is 2. The number of aliphatic hydroxyl groups is 1. The molecule has 1 aromatic heterocycles. The first-order valence-electron chi connectivity index (χ1n) is 8.30. The van der Waals surface area contributed by atoms with Crippen molar-refractivity contribution in [1.29, 1.82) is 0 Å². The van der Waals surface area contributed by atoms with Crippen LogP contribution in [0.2, 0.25) is 0 Å². The molecule has 0 radical (unpaired) electrons. The molecule has 0 unspecified atom stereocenters. The molecule has 0 spiro atoms. The van der Waals surface area contributed by atoms with Gasteiger partial charge in [0.2, 0.25) is 0 Å². The monoisotopic (exact) mass is 347 g/mol. The summed E-state index contributed by atoms with van der Waals surface area (Å²) in [6.45, 7) is 4.39. The number of benzene rings is 1. The predicted molar refractivity (Wildman–Crippen MR) is 97.9 cm³/mol. The zero-order valence-corrected chi connectivity index (χ0v) is 15.1. The van der Waals surface area contributed by atoms with Crippen LogP contribution < -0.4 is 5.32 Å². The summed E-state index contributed by atoms with van der Waals surface area (Å²) in [5.74, 6) is 0. The van der Waals surface area contributed by atoms with Crippen molar-refractivity contribution in [2.45, 2.75) is 31.8 Å². The molecule has 5 nitrogen and oxygen atoms in total. The second kappa shape index (κ2) is 7.61. The van der Waals surface area contributed by atoms with E-state index in [-0.39, 0.29) is 12.1 Å². The van der Waals surface area contributed by atoms with Crippen molar-refractivity contribution in [3.8, 4) is 0 Å². The van der Waals surface area contributed by atoms with E-state index in [1.54, 1.807) is 11.3 Å². The van der Waals surface area contributed by atoms with Gasteiger partial charge in [0.15, 0.2) is 5.13 Å². The molecule has 2 aromatic rings. The number of thiazole rings is 1. The minimum absolute atomic E-state index is 0.158. The van der Waals surface area contributed by atoms with Crippen LogP contribution in [-0.2, 0) is 11.3 Å². The molecule has 0 atom stereocenters. The SMILES string of the molecule is Cc1ccccc1Nc1nc(CN(C)C2(CO)CCOCC2)cs1. The van der Waals surface area contributed by atoms with Gasteiger partial charge in [-0.25, -0.2) is 4.98 Å². The van der Waals surface area contributed by atoms with Crippen LogP contribution in [0.15, 0.2) is 29.6 Å². The van der Waals surface area contributed by atoms with Gasteiger partial charge in [-0.3, -0.25) is 4.90 Å². The lowest BCUT2D eigenvalue weighted by atomic mass is 9.89. The van der Waals surface area contributed by atoms with Gasteiger partial charge in [-0.05, 0) is 38.4 Å². The van der Waals surface area contributed by atoms with Crippen LogP contribution in [0, 0.1) is 6.92 Å². The van der Waals surface area contributed by atoms with E-state index in [1.165, 1.54) is 5.56 Å². The summed E-state index contributed by atoms with van der Waals surface area (Å²) in [5.41, 5.74) is 3.12. The molecule has 1 aromatic carbocycles. The molecule has 3 rings (SSSR count). The minimum atomic E-state index is -0.189. The maximum Gasteiger partial charge on any atom is 0.187 e. The molecule has 0 saturated carbocycles. The third-order valence-electron chi connectivity index (χ3n) is 4.87. The van der Waals surface area contributed by atoms with Crippen molar-refractivity contribution < 1.29 is 9.84 Å². The van der Waals surface area contributed by atoms with Crippen molar-refractivity contribution in [2.24, 2.45) is 0 Å². The number of hydrogen-bond donors (Lipinski definition) is 2. The van der Waals surface area contributed by atoms with Crippen molar-refractivity contribution in [2.75, 3.05) is 32.2 Å². The molecular formula is C18H25N3O2S. The molecule has 1 saturated heterocycles. The third-order valence-corrected chi connectivity index (χ3v) is 5.67. The van der Waals surface area contributed by atoms with Crippen molar-refractivity contribution >= 4 is 22.2 Å². The Morgan fingerprint density at radius 3 is 2.79 bits per heavy atom. The van der Waals surface area contributed by atoms with Crippen LogP contribution in [0.4, 0.5) is 10.8 Å². The Balaban J connectivity index is 1.66. The van der Waals surface area contributed by atoms with E-state index in [1.807, 2.05) is 12.1 Å². The lowest BCUT2D eigenvalue weighted by Gasteiger charge is -2.43. The van der Waals surface area contributed by atoms with Gasteiger partial charge >= 0.3 is 0 Å². The second-order valence-electron chi connectivity index (χ2n) is 6.43. The zero-order chi connectivity index (χ0) is 17.0. The number of nitrogens with one attached hydrogen (secondary N) is 1. The Hall–Kier alpha value is -1.47. The normalized spacial score (nSPS) is 17.2. The molecule has 0 amide bonds. The summed E-state index contributed by atoms with van der Waals surface area (Å²) in [6, 6.07) is 8.20. The topological polar surface area (TPSA) is 57.6 Å². The predicted octanol–water partition coefficient (Wildman–Crippen LogP) is 3.17. The second-order valence-corrected chi connectivity index (χ2v) is 7.29. The number of aryl methyl sites for hydroxylation is 1. The van der Waals surface area contributed by atoms with Crippen molar-refractivity contribution in [3.05, 3.63) is 40.9 Å². The molecule has 1 aliphatic rings. The van der Waals surface area contributed by atoms with Gasteiger partial charge in [0.25, 0.3) is 0 Å². The summed E-state index contributed by atoms with van der Waals surface area (Å²) in [4.78, 5) is 6.92. The quantitative estimate of drug-likeness (QED) is 0.840. The number of aromatic nitrogens is 1. The highest BCUT2D eigenvalue weighted by molar-refractivity contribution is 7.13. The minimum Gasteiger partial charge on any atom is -0.394 e. The van der Waals surface area contributed by atoms with Gasteiger partial charge in [0.05, 0.1) is 12.3 Å². The van der Waals surface area contributed by atoms with E-state index in [4.69, 9.17) is 9.72 Å². The smallest absolute Gasteiger partial charge is 0.187 e. The summed E-state index contributed by atoms with van der Waals surface area (Å²) >= 11 is 1.61. The van der Waals surface area contributed by atoms with Crippen molar-refractivity contribution in [1.82, 2.24) is 9.88 Å². The Kier molecular flexibility index (Phi) is 5.50. The Morgan fingerprint density at radius 2 is 2.08 bits per heavy atom. The summed E-state index contributed by atoms with van der Waals surface area (Å²) in [5, 5.41) is 16.3. The number of anilines is 2. The van der Waals surface area contributed by atoms with E-state index in [2.05, 4.69) is 41.7 Å². The molecule has 24 heavy (non-hydrogen) atoms. The molecule has 2 N–H and O–H groups in total. The largest absolute Gasteiger partial charge is 0.394 e. The lowest BCUT2D eigenvalue weighted by molar-refractivity contribution is -0.0496. The highest BCUT2D eigenvalue weighted by Gasteiger charge is 2.36. The highest BCUT2D eigenvalue weighted by Crippen LogP contribution is 2.29. The van der Waals surface area contributed by atoms with E-state index < -0.39 is 0 Å². The van der Waals surface area contributed by atoms with Crippen LogP contribution in [-0.4, -0.2) is 47.4 Å². The summed E-state index contributed by atoms with van der Waals surface area (Å²) in [7, 11) is 2.06. The summed E-state index contributed by atoms with van der Waals surface area (Å²) < 4.78 is 5.45. The van der Waals surface area contributed by atoms with E-state index >= 15 is 0 Å². The number of likely N-dealkylation sites (N-methyl/N-ethyl adjacent to an activating group) is 1. The van der Waals surface area contributed by atoms with Gasteiger partial charge in [0.1, 0.15) is 0 Å². The Morgan fingerprint density at radius 1 is 1.33 bits per heavy atom. The maximum absolute atomic E-state index is 9.89. The van der Waals surface area contributed by atoms with Crippen LogP contribution in [0.1, 0.15) is 24.1 Å². The van der Waals surface area contributed by atoms with Gasteiger partial charge in [-0.15, -0.1) is 11.3 Å². The number of ether oxygens (including phenoxy) is 1. The Bertz CT molecular complexity index is 668. The molecule has 0 bridgehead atoms. The van der Waals surface area contributed by atoms with E-state index in [9.17, 15) is 5.11 Å². The fraction of sp³-hybridized carbons (Fsp3) is 0.500. The van der Waals surface area contributed by atoms with Gasteiger partial charge < -0.3 is 15.2 Å². The first-order chi connectivity index (χ1) is 11.6. The lowest BCUT2D eigenvalue weighted by Crippen LogP contribution is -2.52. The standard InChI is InChI=1S/C18H25N3O2S/c1-14-5-3-4-6-16(14)20-17-19-15(12-24-17)11-21(2)18(13-22)7-9-23-10-8-18/h3-6,12,22H,7-11,13H2,1-2H3,(H,19,20). The first kappa shape index (κ1) is 17.4. The molecule has 2 heterocycles. The van der Waals surface area contributed by atoms with E-state index in [0.717, 1.165) is 35.9 Å². The van der Waals surface area contributed by atoms with Crippen LogP contribution in [0.3, 0.4) is 0 Å². The molecular weight excluding hydrogens is 322 g/mol. The fourth-order valence-corrected chi connectivity index (χ4v) is 3.80. The maximum atomic E-state index is 9.89. The molecule has 0 aliphatic carbocycles. The van der Waals surface area contributed by atoms with Gasteiger partial charge in [-0.2, -0.15) is 0 Å². The number of aliphatic hydroxyl groups excluding tert-OH is 1. The average molecular weight is 347 g/mol. The van der Waals surface area contributed by atoms with Gasteiger partial charge in [-0.1, -0.05) is 18.2 Å². The summed E-state index contributed by atoms with van der Waals surface area (Å²) in [6.07, 6.45) is 1.72. The van der Waals surface area contributed by atoms with Crippen LogP contribution in [0.5, 0.6) is 0 Å². The fourth-order valence-electron chi connectivity index (χ4n) is 3.09.